The van der Waals surface area contributed by atoms with E-state index >= 15 is 0 Å². The van der Waals surface area contributed by atoms with Crippen LogP contribution < -0.4 is 5.32 Å². The summed E-state index contributed by atoms with van der Waals surface area (Å²) in [6.45, 7) is 0. The molecule has 0 aromatic carbocycles. The molecule has 0 spiro atoms. The maximum absolute atomic E-state index is 12.9. The first-order chi connectivity index (χ1) is 9.79. The number of carbonyl (C=O) groups is 2. The number of carboxylic acids is 1. The Balaban J connectivity index is 1.93. The van der Waals surface area contributed by atoms with Crippen molar-refractivity contribution < 1.29 is 32.6 Å². The normalized spacial score (nSPS) is 33.7. The summed E-state index contributed by atoms with van der Waals surface area (Å²) in [6.07, 6.45) is -4.51. The van der Waals surface area contributed by atoms with Crippen LogP contribution in [0.15, 0.2) is 0 Å². The lowest BCUT2D eigenvalue weighted by Crippen LogP contribution is -2.50. The molecule has 5 nitrogen and oxygen atoms in total. The van der Waals surface area contributed by atoms with Gasteiger partial charge in [-0.15, -0.1) is 0 Å². The van der Waals surface area contributed by atoms with E-state index in [9.17, 15) is 22.8 Å². The first-order valence-electron chi connectivity index (χ1n) is 7.04. The summed E-state index contributed by atoms with van der Waals surface area (Å²) in [5.41, 5.74) is 0. The molecule has 120 valence electrons. The molecule has 0 aromatic rings. The predicted octanol–water partition coefficient (Wildman–Crippen LogP) is 1.86. The highest BCUT2D eigenvalue weighted by atomic mass is 19.4. The SMILES string of the molecule is O=C(NC1CCCCC1C(F)(F)F)[C@@H]1CC[C@H](C(=O)O)O1. The highest BCUT2D eigenvalue weighted by molar-refractivity contribution is 5.82. The summed E-state index contributed by atoms with van der Waals surface area (Å²) in [5.74, 6) is -3.33. The Morgan fingerprint density at radius 3 is 2.24 bits per heavy atom. The molecule has 0 aromatic heterocycles. The number of hydrogen-bond acceptors (Lipinski definition) is 3. The van der Waals surface area contributed by atoms with Crippen molar-refractivity contribution in [3.8, 4) is 0 Å². The van der Waals surface area contributed by atoms with Crippen molar-refractivity contribution in [2.24, 2.45) is 5.92 Å². The molecule has 1 saturated heterocycles. The molecule has 1 aliphatic heterocycles. The first-order valence-corrected chi connectivity index (χ1v) is 7.04. The molecule has 8 heteroatoms. The fourth-order valence-corrected chi connectivity index (χ4v) is 2.98. The topological polar surface area (TPSA) is 75.6 Å². The van der Waals surface area contributed by atoms with Gasteiger partial charge < -0.3 is 15.2 Å². The summed E-state index contributed by atoms with van der Waals surface area (Å²) in [5, 5.41) is 11.2. The average Bonchev–Trinajstić information content (AvgIpc) is 2.88. The molecule has 2 fully saturated rings. The van der Waals surface area contributed by atoms with Gasteiger partial charge in [0.1, 0.15) is 6.10 Å². The summed E-state index contributed by atoms with van der Waals surface area (Å²) >= 11 is 0. The molecule has 1 amide bonds. The van der Waals surface area contributed by atoms with Crippen LogP contribution in [0.4, 0.5) is 13.2 Å². The van der Waals surface area contributed by atoms with Crippen molar-refractivity contribution in [2.45, 2.75) is 63.0 Å². The van der Waals surface area contributed by atoms with Crippen LogP contribution in [0, 0.1) is 5.92 Å². The summed E-state index contributed by atoms with van der Waals surface area (Å²) < 4.78 is 43.8. The molecule has 0 bridgehead atoms. The van der Waals surface area contributed by atoms with E-state index in [1.165, 1.54) is 0 Å². The van der Waals surface area contributed by atoms with Gasteiger partial charge in [0.15, 0.2) is 6.10 Å². The Labute approximate surface area is 119 Å². The van der Waals surface area contributed by atoms with Gasteiger partial charge in [-0.1, -0.05) is 12.8 Å². The van der Waals surface area contributed by atoms with E-state index in [2.05, 4.69) is 5.32 Å². The third-order valence-corrected chi connectivity index (χ3v) is 4.10. The average molecular weight is 309 g/mol. The molecular formula is C13H18F3NO4. The first kappa shape index (κ1) is 16.1. The number of rotatable bonds is 3. The van der Waals surface area contributed by atoms with Crippen molar-refractivity contribution in [3.05, 3.63) is 0 Å². The van der Waals surface area contributed by atoms with E-state index in [1.54, 1.807) is 0 Å². The van der Waals surface area contributed by atoms with Gasteiger partial charge in [-0.25, -0.2) is 4.79 Å². The molecule has 2 rings (SSSR count). The monoisotopic (exact) mass is 309 g/mol. The highest BCUT2D eigenvalue weighted by Gasteiger charge is 2.46. The van der Waals surface area contributed by atoms with Crippen LogP contribution in [0.1, 0.15) is 38.5 Å². The van der Waals surface area contributed by atoms with Gasteiger partial charge in [0.2, 0.25) is 5.91 Å². The van der Waals surface area contributed by atoms with Gasteiger partial charge in [-0.05, 0) is 25.7 Å². The molecule has 2 aliphatic rings. The van der Waals surface area contributed by atoms with Crippen molar-refractivity contribution in [1.29, 1.82) is 0 Å². The van der Waals surface area contributed by atoms with E-state index in [0.29, 0.717) is 12.8 Å². The van der Waals surface area contributed by atoms with E-state index in [0.717, 1.165) is 0 Å². The molecule has 2 N–H and O–H groups in total. The van der Waals surface area contributed by atoms with Crippen molar-refractivity contribution >= 4 is 11.9 Å². The molecule has 1 heterocycles. The van der Waals surface area contributed by atoms with E-state index < -0.39 is 42.2 Å². The van der Waals surface area contributed by atoms with Gasteiger partial charge in [0, 0.05) is 6.04 Å². The molecule has 0 radical (unpaired) electrons. The zero-order valence-electron chi connectivity index (χ0n) is 11.4. The fourth-order valence-electron chi connectivity index (χ4n) is 2.98. The Bertz CT molecular complexity index is 413. The quantitative estimate of drug-likeness (QED) is 0.834. The lowest BCUT2D eigenvalue weighted by molar-refractivity contribution is -0.189. The van der Waals surface area contributed by atoms with E-state index in [1.807, 2.05) is 0 Å². The molecule has 4 atom stereocenters. The van der Waals surface area contributed by atoms with Crippen molar-refractivity contribution in [1.82, 2.24) is 5.32 Å². The van der Waals surface area contributed by atoms with Crippen LogP contribution in [0.2, 0.25) is 0 Å². The summed E-state index contributed by atoms with van der Waals surface area (Å²) in [7, 11) is 0. The zero-order valence-corrected chi connectivity index (χ0v) is 11.4. The fraction of sp³-hybridized carbons (Fsp3) is 0.846. The van der Waals surface area contributed by atoms with Gasteiger partial charge in [-0.3, -0.25) is 4.79 Å². The van der Waals surface area contributed by atoms with Crippen molar-refractivity contribution in [3.63, 3.8) is 0 Å². The smallest absolute Gasteiger partial charge is 0.393 e. The highest BCUT2D eigenvalue weighted by Crippen LogP contribution is 2.37. The predicted molar refractivity (Wildman–Crippen MR) is 65.5 cm³/mol. The Kier molecular flexibility index (Phi) is 4.75. The second kappa shape index (κ2) is 6.21. The Hall–Kier alpha value is -1.31. The number of nitrogens with one attached hydrogen (secondary N) is 1. The lowest BCUT2D eigenvalue weighted by Gasteiger charge is -2.34. The lowest BCUT2D eigenvalue weighted by atomic mass is 9.84. The third-order valence-electron chi connectivity index (χ3n) is 4.10. The maximum atomic E-state index is 12.9. The van der Waals surface area contributed by atoms with Gasteiger partial charge in [0.25, 0.3) is 0 Å². The number of carbonyl (C=O) groups excluding carboxylic acids is 1. The molecule has 1 aliphatic carbocycles. The number of ether oxygens (including phenoxy) is 1. The molecule has 2 unspecified atom stereocenters. The number of halogens is 3. The summed E-state index contributed by atoms with van der Waals surface area (Å²) in [4.78, 5) is 22.7. The van der Waals surface area contributed by atoms with E-state index in [-0.39, 0.29) is 25.7 Å². The molecular weight excluding hydrogens is 291 g/mol. The largest absolute Gasteiger partial charge is 0.479 e. The van der Waals surface area contributed by atoms with Crippen LogP contribution in [-0.2, 0) is 14.3 Å². The maximum Gasteiger partial charge on any atom is 0.393 e. The zero-order chi connectivity index (χ0) is 15.6. The third kappa shape index (κ3) is 3.87. The second-order valence-corrected chi connectivity index (χ2v) is 5.58. The van der Waals surface area contributed by atoms with Crippen LogP contribution in [0.25, 0.3) is 0 Å². The van der Waals surface area contributed by atoms with E-state index in [4.69, 9.17) is 9.84 Å². The van der Waals surface area contributed by atoms with Crippen LogP contribution in [0.5, 0.6) is 0 Å². The number of aliphatic carboxylic acids is 1. The standard InChI is InChI=1S/C13H18F3NO4/c14-13(15,16)7-3-1-2-4-8(7)17-11(18)9-5-6-10(21-9)12(19)20/h7-10H,1-6H2,(H,17,18)(H,19,20)/t7?,8?,9-,10+/m0/s1. The minimum absolute atomic E-state index is 0.0116. The number of carboxylic acid groups (broad SMARTS) is 1. The second-order valence-electron chi connectivity index (χ2n) is 5.58. The summed E-state index contributed by atoms with van der Waals surface area (Å²) in [6, 6.07) is -0.946. The Morgan fingerprint density at radius 1 is 1.05 bits per heavy atom. The minimum Gasteiger partial charge on any atom is -0.479 e. The van der Waals surface area contributed by atoms with Crippen LogP contribution in [-0.4, -0.2) is 41.4 Å². The Morgan fingerprint density at radius 2 is 1.67 bits per heavy atom. The van der Waals surface area contributed by atoms with Crippen LogP contribution in [0.3, 0.4) is 0 Å². The number of hydrogen-bond donors (Lipinski definition) is 2. The molecule has 21 heavy (non-hydrogen) atoms. The van der Waals surface area contributed by atoms with Gasteiger partial charge >= 0.3 is 12.1 Å². The van der Waals surface area contributed by atoms with Crippen molar-refractivity contribution in [2.75, 3.05) is 0 Å². The van der Waals surface area contributed by atoms with Gasteiger partial charge in [0.05, 0.1) is 5.92 Å². The minimum atomic E-state index is -4.33. The number of alkyl halides is 3. The van der Waals surface area contributed by atoms with Gasteiger partial charge in [-0.2, -0.15) is 13.2 Å². The number of amides is 1. The molecule has 1 saturated carbocycles. The van der Waals surface area contributed by atoms with Crippen LogP contribution >= 0.6 is 0 Å².